The summed E-state index contributed by atoms with van der Waals surface area (Å²) in [4.78, 5) is 2.52. The Hall–Kier alpha value is -0.0800. The molecular formula is C11H23NO. The van der Waals surface area contributed by atoms with Gasteiger partial charge in [-0.1, -0.05) is 13.8 Å². The van der Waals surface area contributed by atoms with E-state index < -0.39 is 0 Å². The Kier molecular flexibility index (Phi) is 4.20. The van der Waals surface area contributed by atoms with Gasteiger partial charge in [-0.2, -0.15) is 0 Å². The number of nitrogens with zero attached hydrogens (tertiary/aromatic N) is 1. The second-order valence-corrected chi connectivity index (χ2v) is 4.38. The van der Waals surface area contributed by atoms with Crippen LogP contribution >= 0.6 is 0 Å². The summed E-state index contributed by atoms with van der Waals surface area (Å²) >= 11 is 0. The Bertz CT molecular complexity index is 139. The van der Waals surface area contributed by atoms with Crippen LogP contribution in [0.15, 0.2) is 0 Å². The van der Waals surface area contributed by atoms with Gasteiger partial charge in [0.2, 0.25) is 0 Å². The zero-order valence-corrected chi connectivity index (χ0v) is 9.31. The fourth-order valence-electron chi connectivity index (χ4n) is 1.90. The lowest BCUT2D eigenvalue weighted by Crippen LogP contribution is -2.40. The van der Waals surface area contributed by atoms with Gasteiger partial charge < -0.3 is 9.64 Å². The minimum atomic E-state index is 0.446. The average molecular weight is 185 g/mol. The van der Waals surface area contributed by atoms with E-state index in [4.69, 9.17) is 4.74 Å². The van der Waals surface area contributed by atoms with Gasteiger partial charge in [0.1, 0.15) is 0 Å². The molecule has 1 heterocycles. The summed E-state index contributed by atoms with van der Waals surface area (Å²) in [6.07, 6.45) is 2.58. The van der Waals surface area contributed by atoms with Crippen molar-refractivity contribution in [2.45, 2.75) is 33.6 Å². The number of likely N-dealkylation sites (tertiary alicyclic amines) is 1. The molecule has 1 fully saturated rings. The molecule has 13 heavy (non-hydrogen) atoms. The Labute approximate surface area is 82.3 Å². The molecule has 0 amide bonds. The van der Waals surface area contributed by atoms with E-state index in [2.05, 4.69) is 25.7 Å². The molecule has 0 unspecified atom stereocenters. The molecule has 2 heteroatoms. The van der Waals surface area contributed by atoms with Crippen molar-refractivity contribution in [3.05, 3.63) is 0 Å². The third-order valence-corrected chi connectivity index (χ3v) is 3.17. The Balaban J connectivity index is 2.28. The maximum absolute atomic E-state index is 5.53. The predicted octanol–water partition coefficient (Wildman–Crippen LogP) is 2.14. The molecule has 0 atom stereocenters. The number of hydrogen-bond acceptors (Lipinski definition) is 2. The molecular weight excluding hydrogens is 162 g/mol. The van der Waals surface area contributed by atoms with E-state index in [1.54, 1.807) is 0 Å². The van der Waals surface area contributed by atoms with E-state index >= 15 is 0 Å². The van der Waals surface area contributed by atoms with E-state index in [1.807, 2.05) is 0 Å². The predicted molar refractivity (Wildman–Crippen MR) is 55.9 cm³/mol. The Morgan fingerprint density at radius 2 is 1.85 bits per heavy atom. The lowest BCUT2D eigenvalue weighted by atomic mass is 9.81. The lowest BCUT2D eigenvalue weighted by molar-refractivity contribution is 0.0173. The van der Waals surface area contributed by atoms with Gasteiger partial charge in [0, 0.05) is 6.61 Å². The van der Waals surface area contributed by atoms with Crippen LogP contribution in [0.2, 0.25) is 0 Å². The first-order valence-electron chi connectivity index (χ1n) is 5.50. The molecule has 0 N–H and O–H groups in total. The second kappa shape index (κ2) is 4.97. The fraction of sp³-hybridized carbons (Fsp3) is 1.00. The van der Waals surface area contributed by atoms with Crippen molar-refractivity contribution in [3.63, 3.8) is 0 Å². The summed E-state index contributed by atoms with van der Waals surface area (Å²) in [5.41, 5.74) is 0.446. The van der Waals surface area contributed by atoms with Gasteiger partial charge in [-0.05, 0) is 44.8 Å². The standard InChI is InChI=1S/C11H23NO/c1-4-12-8-6-11(3,7-9-12)10-13-5-2/h4-10H2,1-3H3. The van der Waals surface area contributed by atoms with Gasteiger partial charge in [0.15, 0.2) is 0 Å². The first kappa shape index (κ1) is 11.0. The molecule has 1 aliphatic heterocycles. The topological polar surface area (TPSA) is 12.5 Å². The van der Waals surface area contributed by atoms with Crippen molar-refractivity contribution < 1.29 is 4.74 Å². The maximum atomic E-state index is 5.53. The van der Waals surface area contributed by atoms with Crippen LogP contribution in [0.3, 0.4) is 0 Å². The fourth-order valence-corrected chi connectivity index (χ4v) is 1.90. The van der Waals surface area contributed by atoms with E-state index in [9.17, 15) is 0 Å². The molecule has 1 rings (SSSR count). The first-order valence-corrected chi connectivity index (χ1v) is 5.50. The third kappa shape index (κ3) is 3.28. The average Bonchev–Trinajstić information content (AvgIpc) is 2.16. The molecule has 0 radical (unpaired) electrons. The Morgan fingerprint density at radius 3 is 2.31 bits per heavy atom. The van der Waals surface area contributed by atoms with Crippen LogP contribution in [0.1, 0.15) is 33.6 Å². The van der Waals surface area contributed by atoms with Crippen LogP contribution in [-0.4, -0.2) is 37.7 Å². The highest BCUT2D eigenvalue weighted by Crippen LogP contribution is 2.30. The largest absolute Gasteiger partial charge is 0.381 e. The highest BCUT2D eigenvalue weighted by Gasteiger charge is 2.29. The molecule has 0 aromatic carbocycles. The smallest absolute Gasteiger partial charge is 0.0520 e. The van der Waals surface area contributed by atoms with Crippen LogP contribution in [0.5, 0.6) is 0 Å². The quantitative estimate of drug-likeness (QED) is 0.665. The van der Waals surface area contributed by atoms with Crippen molar-refractivity contribution in [3.8, 4) is 0 Å². The molecule has 0 aromatic rings. The summed E-state index contributed by atoms with van der Waals surface area (Å²) in [5, 5.41) is 0. The van der Waals surface area contributed by atoms with Crippen LogP contribution < -0.4 is 0 Å². The normalized spacial score (nSPS) is 23.3. The van der Waals surface area contributed by atoms with Crippen molar-refractivity contribution in [2.24, 2.45) is 5.41 Å². The SMILES string of the molecule is CCOCC1(C)CCN(CC)CC1. The van der Waals surface area contributed by atoms with Crippen molar-refractivity contribution >= 4 is 0 Å². The molecule has 0 aromatic heterocycles. The summed E-state index contributed by atoms with van der Waals surface area (Å²) in [5.74, 6) is 0. The van der Waals surface area contributed by atoms with Crippen LogP contribution in [0.4, 0.5) is 0 Å². The van der Waals surface area contributed by atoms with E-state index in [-0.39, 0.29) is 0 Å². The van der Waals surface area contributed by atoms with Crippen molar-refractivity contribution in [1.29, 1.82) is 0 Å². The molecule has 0 bridgehead atoms. The number of ether oxygens (including phenoxy) is 1. The lowest BCUT2D eigenvalue weighted by Gasteiger charge is -2.38. The van der Waals surface area contributed by atoms with Gasteiger partial charge in [-0.25, -0.2) is 0 Å². The summed E-state index contributed by atoms with van der Waals surface area (Å²) in [6.45, 7) is 12.2. The number of rotatable bonds is 4. The molecule has 0 saturated carbocycles. The molecule has 1 aliphatic rings. The van der Waals surface area contributed by atoms with Crippen LogP contribution in [0.25, 0.3) is 0 Å². The van der Waals surface area contributed by atoms with Gasteiger partial charge >= 0.3 is 0 Å². The van der Waals surface area contributed by atoms with Gasteiger partial charge in [0.25, 0.3) is 0 Å². The monoisotopic (exact) mass is 185 g/mol. The summed E-state index contributed by atoms with van der Waals surface area (Å²) < 4.78 is 5.53. The Morgan fingerprint density at radius 1 is 1.23 bits per heavy atom. The molecule has 0 aliphatic carbocycles. The first-order chi connectivity index (χ1) is 6.20. The number of piperidine rings is 1. The van der Waals surface area contributed by atoms with E-state index in [0.29, 0.717) is 5.41 Å². The maximum Gasteiger partial charge on any atom is 0.0520 e. The van der Waals surface area contributed by atoms with Crippen LogP contribution in [-0.2, 0) is 4.74 Å². The van der Waals surface area contributed by atoms with Crippen molar-refractivity contribution in [2.75, 3.05) is 32.8 Å². The van der Waals surface area contributed by atoms with Crippen molar-refractivity contribution in [1.82, 2.24) is 4.90 Å². The van der Waals surface area contributed by atoms with E-state index in [1.165, 1.54) is 32.5 Å². The molecule has 1 saturated heterocycles. The van der Waals surface area contributed by atoms with Gasteiger partial charge in [0.05, 0.1) is 6.61 Å². The third-order valence-electron chi connectivity index (χ3n) is 3.17. The molecule has 2 nitrogen and oxygen atoms in total. The zero-order chi connectivity index (χ0) is 9.73. The minimum absolute atomic E-state index is 0.446. The summed E-state index contributed by atoms with van der Waals surface area (Å²) in [7, 11) is 0. The number of hydrogen-bond donors (Lipinski definition) is 0. The second-order valence-electron chi connectivity index (χ2n) is 4.38. The van der Waals surface area contributed by atoms with E-state index in [0.717, 1.165) is 13.2 Å². The summed E-state index contributed by atoms with van der Waals surface area (Å²) in [6, 6.07) is 0. The highest BCUT2D eigenvalue weighted by atomic mass is 16.5. The molecule has 0 spiro atoms. The van der Waals surface area contributed by atoms with Gasteiger partial charge in [-0.3, -0.25) is 0 Å². The minimum Gasteiger partial charge on any atom is -0.381 e. The highest BCUT2D eigenvalue weighted by molar-refractivity contribution is 4.81. The van der Waals surface area contributed by atoms with Crippen LogP contribution in [0, 0.1) is 5.41 Å². The zero-order valence-electron chi connectivity index (χ0n) is 9.31. The molecule has 78 valence electrons. The van der Waals surface area contributed by atoms with Gasteiger partial charge in [-0.15, -0.1) is 0 Å².